The molecule has 2 aromatic rings. The number of aromatic nitrogens is 2. The summed E-state index contributed by atoms with van der Waals surface area (Å²) in [5, 5.41) is 9.54. The molecule has 108 valence electrons. The predicted molar refractivity (Wildman–Crippen MR) is 78.0 cm³/mol. The SMILES string of the molecule is CCN(Cc1cn2cc(Cl)ccc2n1)C(C)CC(=O)O. The van der Waals surface area contributed by atoms with Crippen molar-refractivity contribution in [1.82, 2.24) is 14.3 Å². The first kappa shape index (κ1) is 14.8. The maximum absolute atomic E-state index is 10.8. The summed E-state index contributed by atoms with van der Waals surface area (Å²) in [5.41, 5.74) is 1.75. The minimum Gasteiger partial charge on any atom is -0.481 e. The summed E-state index contributed by atoms with van der Waals surface area (Å²) < 4.78 is 1.88. The van der Waals surface area contributed by atoms with Gasteiger partial charge in [0, 0.05) is 25.0 Å². The van der Waals surface area contributed by atoms with Crippen molar-refractivity contribution >= 4 is 23.2 Å². The van der Waals surface area contributed by atoms with Crippen molar-refractivity contribution < 1.29 is 9.90 Å². The van der Waals surface area contributed by atoms with Crippen LogP contribution in [0.2, 0.25) is 5.02 Å². The van der Waals surface area contributed by atoms with Crippen molar-refractivity contribution in [3.63, 3.8) is 0 Å². The molecule has 0 bridgehead atoms. The minimum absolute atomic E-state index is 0.0223. The molecule has 6 heteroatoms. The summed E-state index contributed by atoms with van der Waals surface area (Å²) in [7, 11) is 0. The van der Waals surface area contributed by atoms with Crippen molar-refractivity contribution in [1.29, 1.82) is 0 Å². The van der Waals surface area contributed by atoms with Crippen LogP contribution >= 0.6 is 11.6 Å². The highest BCUT2D eigenvalue weighted by Gasteiger charge is 2.16. The summed E-state index contributed by atoms with van der Waals surface area (Å²) in [4.78, 5) is 17.4. The van der Waals surface area contributed by atoms with Crippen LogP contribution in [0.15, 0.2) is 24.5 Å². The summed E-state index contributed by atoms with van der Waals surface area (Å²) in [6, 6.07) is 3.65. The number of fused-ring (bicyclic) bond motifs is 1. The van der Waals surface area contributed by atoms with Gasteiger partial charge in [0.15, 0.2) is 0 Å². The average molecular weight is 296 g/mol. The number of nitrogens with zero attached hydrogens (tertiary/aromatic N) is 3. The quantitative estimate of drug-likeness (QED) is 0.890. The molecule has 2 rings (SSSR count). The zero-order chi connectivity index (χ0) is 14.7. The Labute approximate surface area is 122 Å². The lowest BCUT2D eigenvalue weighted by molar-refractivity contribution is -0.138. The van der Waals surface area contributed by atoms with Gasteiger partial charge in [0.1, 0.15) is 5.65 Å². The Balaban J connectivity index is 2.14. The van der Waals surface area contributed by atoms with Crippen molar-refractivity contribution in [3.05, 3.63) is 35.2 Å². The third kappa shape index (κ3) is 3.49. The molecule has 20 heavy (non-hydrogen) atoms. The third-order valence-corrected chi connectivity index (χ3v) is 3.55. The molecular formula is C14H18ClN3O2. The van der Waals surface area contributed by atoms with Gasteiger partial charge in [-0.15, -0.1) is 0 Å². The molecule has 0 fully saturated rings. The summed E-state index contributed by atoms with van der Waals surface area (Å²) >= 11 is 5.94. The molecule has 0 spiro atoms. The first-order valence-corrected chi connectivity index (χ1v) is 6.96. The van der Waals surface area contributed by atoms with Crippen LogP contribution < -0.4 is 0 Å². The van der Waals surface area contributed by atoms with E-state index in [-0.39, 0.29) is 12.5 Å². The molecule has 0 aliphatic rings. The van der Waals surface area contributed by atoms with Crippen molar-refractivity contribution in [2.24, 2.45) is 0 Å². The fourth-order valence-corrected chi connectivity index (χ4v) is 2.43. The van der Waals surface area contributed by atoms with Gasteiger partial charge in [-0.2, -0.15) is 0 Å². The molecule has 1 N–H and O–H groups in total. The van der Waals surface area contributed by atoms with E-state index in [1.165, 1.54) is 0 Å². The Morgan fingerprint density at radius 2 is 2.25 bits per heavy atom. The number of pyridine rings is 1. The molecule has 2 aromatic heterocycles. The number of imidazole rings is 1. The normalized spacial score (nSPS) is 13.0. The monoisotopic (exact) mass is 295 g/mol. The summed E-state index contributed by atoms with van der Waals surface area (Å²) in [6.07, 6.45) is 3.87. The van der Waals surface area contributed by atoms with Gasteiger partial charge in [0.2, 0.25) is 0 Å². The average Bonchev–Trinajstić information content (AvgIpc) is 2.76. The Morgan fingerprint density at radius 1 is 1.50 bits per heavy atom. The topological polar surface area (TPSA) is 57.8 Å². The number of halogens is 1. The Hall–Kier alpha value is -1.59. The van der Waals surface area contributed by atoms with E-state index in [2.05, 4.69) is 9.88 Å². The summed E-state index contributed by atoms with van der Waals surface area (Å²) in [6.45, 7) is 5.35. The zero-order valence-corrected chi connectivity index (χ0v) is 12.3. The van der Waals surface area contributed by atoms with Gasteiger partial charge < -0.3 is 9.51 Å². The van der Waals surface area contributed by atoms with Gasteiger partial charge in [-0.1, -0.05) is 18.5 Å². The lowest BCUT2D eigenvalue weighted by Crippen LogP contribution is -2.34. The van der Waals surface area contributed by atoms with Crippen LogP contribution in [0, 0.1) is 0 Å². The highest BCUT2D eigenvalue weighted by Crippen LogP contribution is 2.14. The van der Waals surface area contributed by atoms with E-state index >= 15 is 0 Å². The molecule has 0 saturated heterocycles. The Kier molecular flexibility index (Phi) is 4.62. The highest BCUT2D eigenvalue weighted by molar-refractivity contribution is 6.30. The lowest BCUT2D eigenvalue weighted by Gasteiger charge is -2.25. The molecule has 0 amide bonds. The molecule has 0 aliphatic carbocycles. The second kappa shape index (κ2) is 6.24. The number of hydrogen-bond donors (Lipinski definition) is 1. The van der Waals surface area contributed by atoms with E-state index in [1.807, 2.05) is 36.7 Å². The van der Waals surface area contributed by atoms with Gasteiger partial charge in [-0.25, -0.2) is 4.98 Å². The lowest BCUT2D eigenvalue weighted by atomic mass is 10.2. The standard InChI is InChI=1S/C14H18ClN3O2/c1-3-17(10(2)6-14(19)20)8-12-9-18-7-11(15)4-5-13(18)16-12/h4-5,7,9-10H,3,6,8H2,1-2H3,(H,19,20). The number of carboxylic acid groups (broad SMARTS) is 1. The van der Waals surface area contributed by atoms with Gasteiger partial charge >= 0.3 is 5.97 Å². The Bertz CT molecular complexity index is 611. The minimum atomic E-state index is -0.780. The Morgan fingerprint density at radius 3 is 2.90 bits per heavy atom. The molecule has 1 unspecified atom stereocenters. The molecule has 0 aromatic carbocycles. The van der Waals surface area contributed by atoms with Crippen molar-refractivity contribution in [2.75, 3.05) is 6.54 Å². The molecule has 5 nitrogen and oxygen atoms in total. The van der Waals surface area contributed by atoms with Crippen molar-refractivity contribution in [3.8, 4) is 0 Å². The van der Waals surface area contributed by atoms with E-state index in [1.54, 1.807) is 6.07 Å². The number of carbonyl (C=O) groups is 1. The number of aliphatic carboxylic acids is 1. The highest BCUT2D eigenvalue weighted by atomic mass is 35.5. The van der Waals surface area contributed by atoms with Crippen LogP contribution in [0.5, 0.6) is 0 Å². The number of hydrogen-bond acceptors (Lipinski definition) is 3. The van der Waals surface area contributed by atoms with Crippen LogP contribution in [0.3, 0.4) is 0 Å². The van der Waals surface area contributed by atoms with Crippen LogP contribution in [-0.2, 0) is 11.3 Å². The molecule has 0 saturated carbocycles. The van der Waals surface area contributed by atoms with Crippen LogP contribution in [0.25, 0.3) is 5.65 Å². The van der Waals surface area contributed by atoms with E-state index in [0.717, 1.165) is 17.9 Å². The van der Waals surface area contributed by atoms with E-state index in [9.17, 15) is 4.79 Å². The zero-order valence-electron chi connectivity index (χ0n) is 11.6. The van der Waals surface area contributed by atoms with Gasteiger partial charge in [0.25, 0.3) is 0 Å². The third-order valence-electron chi connectivity index (χ3n) is 3.33. The largest absolute Gasteiger partial charge is 0.481 e. The van der Waals surface area contributed by atoms with Gasteiger partial charge in [0.05, 0.1) is 17.1 Å². The predicted octanol–water partition coefficient (Wildman–Crippen LogP) is 2.67. The fraction of sp³-hybridized carbons (Fsp3) is 0.429. The molecule has 1 atom stereocenters. The maximum atomic E-state index is 10.8. The molecule has 0 radical (unpaired) electrons. The van der Waals surface area contributed by atoms with E-state index in [4.69, 9.17) is 16.7 Å². The molecule has 0 aliphatic heterocycles. The first-order valence-electron chi connectivity index (χ1n) is 6.58. The van der Waals surface area contributed by atoms with Crippen LogP contribution in [-0.4, -0.2) is 37.9 Å². The second-order valence-corrected chi connectivity index (χ2v) is 5.29. The summed E-state index contributed by atoms with van der Waals surface area (Å²) in [5.74, 6) is -0.780. The van der Waals surface area contributed by atoms with Crippen LogP contribution in [0.4, 0.5) is 0 Å². The first-order chi connectivity index (χ1) is 9.49. The number of rotatable bonds is 6. The van der Waals surface area contributed by atoms with E-state index < -0.39 is 5.97 Å². The smallest absolute Gasteiger partial charge is 0.304 e. The van der Waals surface area contributed by atoms with Gasteiger partial charge in [-0.05, 0) is 25.6 Å². The van der Waals surface area contributed by atoms with Crippen LogP contribution in [0.1, 0.15) is 26.0 Å². The second-order valence-electron chi connectivity index (χ2n) is 4.86. The number of carboxylic acids is 1. The van der Waals surface area contributed by atoms with E-state index in [0.29, 0.717) is 11.6 Å². The molecular weight excluding hydrogens is 278 g/mol. The molecule has 2 heterocycles. The maximum Gasteiger partial charge on any atom is 0.304 e. The van der Waals surface area contributed by atoms with Gasteiger partial charge in [-0.3, -0.25) is 9.69 Å². The van der Waals surface area contributed by atoms with Crippen molar-refractivity contribution in [2.45, 2.75) is 32.9 Å². The fourth-order valence-electron chi connectivity index (χ4n) is 2.26.